The molecule has 0 saturated carbocycles. The molecule has 0 aromatic carbocycles. The molecule has 0 amide bonds. The minimum atomic E-state index is -3.63. The van der Waals surface area contributed by atoms with E-state index in [0.717, 1.165) is 5.57 Å². The predicted molar refractivity (Wildman–Crippen MR) is 36.3 cm³/mol. The Bertz CT molecular complexity index is 134. The molecule has 66 valence electrons. The standard InChI is InChI=1S/C7H11F3O/c1-6(2)3-4-11-7(9,10)5-8/h1,3-5H2,2H3. The summed E-state index contributed by atoms with van der Waals surface area (Å²) in [5.74, 6) is 0. The molecule has 0 spiro atoms. The van der Waals surface area contributed by atoms with Gasteiger partial charge >= 0.3 is 6.11 Å². The summed E-state index contributed by atoms with van der Waals surface area (Å²) >= 11 is 0. The fourth-order valence-corrected chi connectivity index (χ4v) is 0.413. The Hall–Kier alpha value is -0.510. The van der Waals surface area contributed by atoms with Crippen molar-refractivity contribution in [3.63, 3.8) is 0 Å². The summed E-state index contributed by atoms with van der Waals surface area (Å²) in [6, 6.07) is 0. The molecule has 1 nitrogen and oxygen atoms in total. The van der Waals surface area contributed by atoms with Gasteiger partial charge in [-0.2, -0.15) is 8.78 Å². The van der Waals surface area contributed by atoms with Crippen molar-refractivity contribution in [3.05, 3.63) is 12.2 Å². The van der Waals surface area contributed by atoms with Crippen molar-refractivity contribution in [2.24, 2.45) is 0 Å². The Labute approximate surface area is 63.8 Å². The fourth-order valence-electron chi connectivity index (χ4n) is 0.413. The number of hydrogen-bond donors (Lipinski definition) is 0. The highest BCUT2D eigenvalue weighted by Gasteiger charge is 2.29. The highest BCUT2D eigenvalue weighted by molar-refractivity contribution is 4.87. The molecular formula is C7H11F3O. The number of ether oxygens (including phenoxy) is 1. The Kier molecular flexibility index (Phi) is 4.18. The monoisotopic (exact) mass is 168 g/mol. The molecule has 0 fully saturated rings. The molecule has 0 saturated heterocycles. The average molecular weight is 168 g/mol. The van der Waals surface area contributed by atoms with Crippen LogP contribution in [-0.2, 0) is 4.74 Å². The summed E-state index contributed by atoms with van der Waals surface area (Å²) < 4.78 is 39.3. The molecule has 0 bridgehead atoms. The van der Waals surface area contributed by atoms with Crippen molar-refractivity contribution in [3.8, 4) is 0 Å². The first kappa shape index (κ1) is 10.5. The summed E-state index contributed by atoms with van der Waals surface area (Å²) in [4.78, 5) is 0. The molecule has 0 N–H and O–H groups in total. The van der Waals surface area contributed by atoms with Crippen molar-refractivity contribution in [1.29, 1.82) is 0 Å². The third-order valence-corrected chi connectivity index (χ3v) is 0.998. The van der Waals surface area contributed by atoms with Gasteiger partial charge in [0.2, 0.25) is 0 Å². The van der Waals surface area contributed by atoms with Gasteiger partial charge in [-0.25, -0.2) is 4.39 Å². The summed E-state index contributed by atoms with van der Waals surface area (Å²) in [6.45, 7) is 3.21. The van der Waals surface area contributed by atoms with E-state index in [-0.39, 0.29) is 6.61 Å². The second-order valence-corrected chi connectivity index (χ2v) is 2.33. The summed E-state index contributed by atoms with van der Waals surface area (Å²) in [7, 11) is 0. The number of hydrogen-bond acceptors (Lipinski definition) is 1. The van der Waals surface area contributed by atoms with Gasteiger partial charge in [0, 0.05) is 0 Å². The third-order valence-electron chi connectivity index (χ3n) is 0.998. The van der Waals surface area contributed by atoms with Crippen LogP contribution in [-0.4, -0.2) is 19.4 Å². The largest absolute Gasteiger partial charge is 0.384 e. The van der Waals surface area contributed by atoms with E-state index in [1.54, 1.807) is 6.92 Å². The van der Waals surface area contributed by atoms with Gasteiger partial charge < -0.3 is 4.74 Å². The summed E-state index contributed by atoms with van der Waals surface area (Å²) in [6.07, 6.45) is -3.30. The zero-order chi connectivity index (χ0) is 8.91. The number of alkyl halides is 3. The van der Waals surface area contributed by atoms with E-state index in [9.17, 15) is 13.2 Å². The molecule has 0 aliphatic heterocycles. The lowest BCUT2D eigenvalue weighted by atomic mass is 10.3. The highest BCUT2D eigenvalue weighted by atomic mass is 19.3. The first-order valence-corrected chi connectivity index (χ1v) is 3.20. The Morgan fingerprint density at radius 3 is 2.45 bits per heavy atom. The van der Waals surface area contributed by atoms with E-state index in [4.69, 9.17) is 0 Å². The molecule has 0 aliphatic carbocycles. The quantitative estimate of drug-likeness (QED) is 0.573. The van der Waals surface area contributed by atoms with Crippen LogP contribution >= 0.6 is 0 Å². The van der Waals surface area contributed by atoms with Crippen LogP contribution in [0.1, 0.15) is 13.3 Å². The zero-order valence-electron chi connectivity index (χ0n) is 6.37. The van der Waals surface area contributed by atoms with Crippen LogP contribution < -0.4 is 0 Å². The second kappa shape index (κ2) is 4.38. The van der Waals surface area contributed by atoms with E-state index in [1.807, 2.05) is 0 Å². The van der Waals surface area contributed by atoms with Gasteiger partial charge in [-0.1, -0.05) is 5.57 Å². The molecule has 0 aliphatic rings. The molecule has 0 unspecified atom stereocenters. The van der Waals surface area contributed by atoms with Crippen LogP contribution in [0, 0.1) is 0 Å². The normalized spacial score (nSPS) is 11.6. The van der Waals surface area contributed by atoms with Crippen molar-refractivity contribution < 1.29 is 17.9 Å². The average Bonchev–Trinajstić information content (AvgIpc) is 1.87. The van der Waals surface area contributed by atoms with Crippen molar-refractivity contribution in [1.82, 2.24) is 0 Å². The van der Waals surface area contributed by atoms with Gasteiger partial charge in [0.1, 0.15) is 0 Å². The lowest BCUT2D eigenvalue weighted by molar-refractivity contribution is -0.245. The topological polar surface area (TPSA) is 9.23 Å². The molecule has 0 rings (SSSR count). The van der Waals surface area contributed by atoms with Crippen molar-refractivity contribution in [2.45, 2.75) is 19.5 Å². The van der Waals surface area contributed by atoms with E-state index < -0.39 is 12.8 Å². The van der Waals surface area contributed by atoms with Gasteiger partial charge in [-0.15, -0.1) is 6.58 Å². The lowest BCUT2D eigenvalue weighted by Gasteiger charge is -2.12. The molecule has 0 aromatic heterocycles. The SMILES string of the molecule is C=C(C)CCOC(F)(F)CF. The first-order valence-electron chi connectivity index (χ1n) is 3.20. The Balaban J connectivity index is 3.45. The van der Waals surface area contributed by atoms with Gasteiger partial charge in [-0.05, 0) is 13.3 Å². The molecule has 0 aromatic rings. The highest BCUT2D eigenvalue weighted by Crippen LogP contribution is 2.16. The van der Waals surface area contributed by atoms with E-state index in [1.165, 1.54) is 0 Å². The fraction of sp³-hybridized carbons (Fsp3) is 0.714. The van der Waals surface area contributed by atoms with Crippen molar-refractivity contribution >= 4 is 0 Å². The summed E-state index contributed by atoms with van der Waals surface area (Å²) in [5, 5.41) is 0. The van der Waals surface area contributed by atoms with E-state index >= 15 is 0 Å². The minimum absolute atomic E-state index is 0.188. The van der Waals surface area contributed by atoms with Crippen LogP contribution in [0.15, 0.2) is 12.2 Å². The van der Waals surface area contributed by atoms with Gasteiger partial charge in [0.25, 0.3) is 0 Å². The van der Waals surface area contributed by atoms with Crippen LogP contribution in [0.3, 0.4) is 0 Å². The molecule has 0 radical (unpaired) electrons. The molecule has 0 heterocycles. The maximum atomic E-state index is 12.0. The Morgan fingerprint density at radius 1 is 1.55 bits per heavy atom. The number of halogens is 3. The smallest absolute Gasteiger partial charge is 0.318 e. The zero-order valence-corrected chi connectivity index (χ0v) is 6.37. The maximum absolute atomic E-state index is 12.0. The molecule has 4 heteroatoms. The van der Waals surface area contributed by atoms with Gasteiger partial charge in [0.05, 0.1) is 6.61 Å². The summed E-state index contributed by atoms with van der Waals surface area (Å²) in [5.41, 5.74) is 0.736. The lowest BCUT2D eigenvalue weighted by Crippen LogP contribution is -2.23. The first-order chi connectivity index (χ1) is 4.98. The molecule has 11 heavy (non-hydrogen) atoms. The molecular weight excluding hydrogens is 157 g/mol. The van der Waals surface area contributed by atoms with E-state index in [0.29, 0.717) is 6.42 Å². The minimum Gasteiger partial charge on any atom is -0.318 e. The van der Waals surface area contributed by atoms with Gasteiger partial charge in [-0.3, -0.25) is 0 Å². The van der Waals surface area contributed by atoms with Crippen LogP contribution in [0.25, 0.3) is 0 Å². The Morgan fingerprint density at radius 2 is 2.09 bits per heavy atom. The second-order valence-electron chi connectivity index (χ2n) is 2.33. The van der Waals surface area contributed by atoms with Crippen LogP contribution in [0.2, 0.25) is 0 Å². The van der Waals surface area contributed by atoms with E-state index in [2.05, 4.69) is 11.3 Å². The predicted octanol–water partition coefficient (Wildman–Crippen LogP) is 2.53. The number of rotatable bonds is 5. The molecule has 0 atom stereocenters. The van der Waals surface area contributed by atoms with Crippen LogP contribution in [0.5, 0.6) is 0 Å². The van der Waals surface area contributed by atoms with Gasteiger partial charge in [0.15, 0.2) is 6.67 Å². The van der Waals surface area contributed by atoms with Crippen molar-refractivity contribution in [2.75, 3.05) is 13.3 Å². The third kappa shape index (κ3) is 5.91. The van der Waals surface area contributed by atoms with Crippen LogP contribution in [0.4, 0.5) is 13.2 Å². The maximum Gasteiger partial charge on any atom is 0.384 e.